The first-order chi connectivity index (χ1) is 4.95. The molecule has 0 aliphatic rings. The van der Waals surface area contributed by atoms with Gasteiger partial charge in [0.25, 0.3) is 6.04 Å². The Balaban J connectivity index is 4.40. The van der Waals surface area contributed by atoms with E-state index in [1.54, 1.807) is 27.9 Å². The van der Waals surface area contributed by atoms with Crippen molar-refractivity contribution in [3.05, 3.63) is 11.4 Å². The standard InChI is InChI=1S/C8H15NO2/c1-6(10)7(9-4)8(2,3)11-5/h6-7,10H,1-3,5H3/t6-,7+/m1/s1. The lowest BCUT2D eigenvalue weighted by molar-refractivity contribution is -0.0217. The summed E-state index contributed by atoms with van der Waals surface area (Å²) in [5, 5.41) is 9.19. The number of hydrogen-bond donors (Lipinski definition) is 1. The lowest BCUT2D eigenvalue weighted by Gasteiger charge is -2.25. The predicted molar refractivity (Wildman–Crippen MR) is 43.2 cm³/mol. The minimum atomic E-state index is -0.651. The van der Waals surface area contributed by atoms with E-state index in [1.807, 2.05) is 0 Å². The van der Waals surface area contributed by atoms with Gasteiger partial charge in [0.2, 0.25) is 0 Å². The van der Waals surface area contributed by atoms with Gasteiger partial charge in [-0.15, -0.1) is 0 Å². The van der Waals surface area contributed by atoms with Gasteiger partial charge in [0, 0.05) is 7.11 Å². The molecule has 1 N–H and O–H groups in total. The van der Waals surface area contributed by atoms with E-state index in [0.29, 0.717) is 0 Å². The van der Waals surface area contributed by atoms with Crippen LogP contribution >= 0.6 is 0 Å². The molecule has 64 valence electrons. The summed E-state index contributed by atoms with van der Waals surface area (Å²) in [6, 6.07) is -0.493. The van der Waals surface area contributed by atoms with Gasteiger partial charge < -0.3 is 14.7 Å². The van der Waals surface area contributed by atoms with Crippen LogP contribution in [-0.2, 0) is 4.74 Å². The quantitative estimate of drug-likeness (QED) is 0.622. The van der Waals surface area contributed by atoms with E-state index in [2.05, 4.69) is 4.85 Å². The maximum Gasteiger partial charge on any atom is 0.276 e. The first-order valence-corrected chi connectivity index (χ1v) is 3.55. The SMILES string of the molecule is [C-]#[N+][C@@H]([C@@H](C)O)C(C)(C)OC. The van der Waals surface area contributed by atoms with Gasteiger partial charge in [0.05, 0.1) is 0 Å². The van der Waals surface area contributed by atoms with E-state index in [4.69, 9.17) is 11.3 Å². The molecule has 3 nitrogen and oxygen atoms in total. The fourth-order valence-electron chi connectivity index (χ4n) is 0.965. The fraction of sp³-hybridized carbons (Fsp3) is 0.875. The number of nitrogens with zero attached hydrogens (tertiary/aromatic N) is 1. The number of ether oxygens (including phenoxy) is 1. The summed E-state index contributed by atoms with van der Waals surface area (Å²) in [4.78, 5) is 3.31. The van der Waals surface area contributed by atoms with E-state index < -0.39 is 17.7 Å². The monoisotopic (exact) mass is 157 g/mol. The molecule has 0 rings (SSSR count). The molecule has 0 heterocycles. The first kappa shape index (κ1) is 10.4. The zero-order valence-electron chi connectivity index (χ0n) is 7.46. The maximum atomic E-state index is 9.19. The van der Waals surface area contributed by atoms with E-state index in [-0.39, 0.29) is 0 Å². The van der Waals surface area contributed by atoms with E-state index >= 15 is 0 Å². The highest BCUT2D eigenvalue weighted by Crippen LogP contribution is 2.19. The largest absolute Gasteiger partial charge is 0.385 e. The highest BCUT2D eigenvalue weighted by atomic mass is 16.5. The third-order valence-corrected chi connectivity index (χ3v) is 1.83. The molecule has 3 heteroatoms. The number of methoxy groups -OCH3 is 1. The van der Waals surface area contributed by atoms with Gasteiger partial charge in [-0.3, -0.25) is 0 Å². The molecule has 0 unspecified atom stereocenters. The van der Waals surface area contributed by atoms with Gasteiger partial charge in [0.15, 0.2) is 0 Å². The van der Waals surface area contributed by atoms with Crippen LogP contribution in [0.1, 0.15) is 20.8 Å². The van der Waals surface area contributed by atoms with Crippen LogP contribution in [0, 0.1) is 6.57 Å². The van der Waals surface area contributed by atoms with Gasteiger partial charge in [-0.25, -0.2) is 6.57 Å². The van der Waals surface area contributed by atoms with Crippen LogP contribution in [0.3, 0.4) is 0 Å². The molecule has 0 saturated carbocycles. The topological polar surface area (TPSA) is 33.8 Å². The molecule has 0 amide bonds. The molecule has 0 saturated heterocycles. The van der Waals surface area contributed by atoms with Crippen molar-refractivity contribution in [3.63, 3.8) is 0 Å². The summed E-state index contributed by atoms with van der Waals surface area (Å²) in [7, 11) is 1.54. The van der Waals surface area contributed by atoms with Crippen molar-refractivity contribution in [1.82, 2.24) is 0 Å². The van der Waals surface area contributed by atoms with Crippen LogP contribution < -0.4 is 0 Å². The molecule has 0 aliphatic heterocycles. The number of aliphatic hydroxyl groups is 1. The Labute approximate surface area is 67.8 Å². The van der Waals surface area contributed by atoms with E-state index in [0.717, 1.165) is 0 Å². The molecule has 2 atom stereocenters. The van der Waals surface area contributed by atoms with Gasteiger partial charge in [0.1, 0.15) is 11.7 Å². The van der Waals surface area contributed by atoms with Crippen LogP contribution in [0.4, 0.5) is 0 Å². The number of rotatable bonds is 3. The van der Waals surface area contributed by atoms with Crippen LogP contribution in [-0.4, -0.2) is 30.0 Å². The number of hydrogen-bond acceptors (Lipinski definition) is 2. The Kier molecular flexibility index (Phi) is 3.50. The van der Waals surface area contributed by atoms with Crippen LogP contribution in [0.2, 0.25) is 0 Å². The Morgan fingerprint density at radius 2 is 2.00 bits per heavy atom. The van der Waals surface area contributed by atoms with Crippen molar-refractivity contribution < 1.29 is 9.84 Å². The lowest BCUT2D eigenvalue weighted by Crippen LogP contribution is -2.42. The molecule has 0 aromatic heterocycles. The van der Waals surface area contributed by atoms with Crippen LogP contribution in [0.5, 0.6) is 0 Å². The summed E-state index contributed by atoms with van der Waals surface area (Å²) >= 11 is 0. The summed E-state index contributed by atoms with van der Waals surface area (Å²) in [6.07, 6.45) is -0.651. The second-order valence-corrected chi connectivity index (χ2v) is 3.12. The molecule has 0 spiro atoms. The van der Waals surface area contributed by atoms with Gasteiger partial charge in [-0.2, -0.15) is 0 Å². The highest BCUT2D eigenvalue weighted by Gasteiger charge is 2.38. The summed E-state index contributed by atoms with van der Waals surface area (Å²) < 4.78 is 5.08. The first-order valence-electron chi connectivity index (χ1n) is 3.55. The Morgan fingerprint density at radius 3 is 2.09 bits per heavy atom. The number of aliphatic hydroxyl groups excluding tert-OH is 1. The van der Waals surface area contributed by atoms with Crippen molar-refractivity contribution in [2.75, 3.05) is 7.11 Å². The molecule has 0 radical (unpaired) electrons. The second-order valence-electron chi connectivity index (χ2n) is 3.12. The van der Waals surface area contributed by atoms with Gasteiger partial charge in [-0.05, 0) is 20.8 Å². The Hall–Kier alpha value is -0.590. The second kappa shape index (κ2) is 3.70. The molecule has 0 aromatic carbocycles. The molecule has 0 fully saturated rings. The third kappa shape index (κ3) is 2.49. The van der Waals surface area contributed by atoms with Gasteiger partial charge in [-0.1, -0.05) is 0 Å². The highest BCUT2D eigenvalue weighted by molar-refractivity contribution is 4.97. The van der Waals surface area contributed by atoms with Crippen molar-refractivity contribution in [3.8, 4) is 0 Å². The summed E-state index contributed by atoms with van der Waals surface area (Å²) in [5.74, 6) is 0. The smallest absolute Gasteiger partial charge is 0.276 e. The minimum absolute atomic E-state index is 0.493. The molecular weight excluding hydrogens is 142 g/mol. The fourth-order valence-corrected chi connectivity index (χ4v) is 0.965. The van der Waals surface area contributed by atoms with E-state index in [1.165, 1.54) is 0 Å². The Morgan fingerprint density at radius 1 is 1.55 bits per heavy atom. The minimum Gasteiger partial charge on any atom is -0.385 e. The zero-order chi connectivity index (χ0) is 9.07. The average molecular weight is 157 g/mol. The summed E-state index contributed by atoms with van der Waals surface area (Å²) in [6.45, 7) is 12.0. The van der Waals surface area contributed by atoms with Crippen molar-refractivity contribution >= 4 is 0 Å². The maximum absolute atomic E-state index is 9.19. The van der Waals surface area contributed by atoms with Crippen LogP contribution in [0.15, 0.2) is 0 Å². The predicted octanol–water partition coefficient (Wildman–Crippen LogP) is 1.08. The molecule has 11 heavy (non-hydrogen) atoms. The van der Waals surface area contributed by atoms with E-state index in [9.17, 15) is 5.11 Å². The van der Waals surface area contributed by atoms with Crippen molar-refractivity contribution in [2.45, 2.75) is 38.5 Å². The van der Waals surface area contributed by atoms with Gasteiger partial charge >= 0.3 is 0 Å². The van der Waals surface area contributed by atoms with Crippen molar-refractivity contribution in [1.29, 1.82) is 0 Å². The normalized spacial score (nSPS) is 17.1. The molecule has 0 aliphatic carbocycles. The molecule has 0 bridgehead atoms. The average Bonchev–Trinajstić information content (AvgIpc) is 1.88. The molecule has 0 aromatic rings. The molecular formula is C8H15NO2. The zero-order valence-corrected chi connectivity index (χ0v) is 7.46. The van der Waals surface area contributed by atoms with Crippen molar-refractivity contribution in [2.24, 2.45) is 0 Å². The summed E-state index contributed by atoms with van der Waals surface area (Å²) in [5.41, 5.74) is -0.573. The Bertz CT molecular complexity index is 158. The third-order valence-electron chi connectivity index (χ3n) is 1.83. The lowest BCUT2D eigenvalue weighted by atomic mass is 9.95. The van der Waals surface area contributed by atoms with Crippen LogP contribution in [0.25, 0.3) is 4.85 Å².